The van der Waals surface area contributed by atoms with Crippen LogP contribution in [-0.4, -0.2) is 12.1 Å². The second-order valence-corrected chi connectivity index (χ2v) is 7.22. The zero-order valence-electron chi connectivity index (χ0n) is 12.8. The summed E-state index contributed by atoms with van der Waals surface area (Å²) in [6.07, 6.45) is 0.837. The van der Waals surface area contributed by atoms with Crippen molar-refractivity contribution in [3.8, 4) is 0 Å². The molecular formula is C17H23ClN2S. The van der Waals surface area contributed by atoms with E-state index in [0.29, 0.717) is 6.04 Å². The van der Waals surface area contributed by atoms with Crippen molar-refractivity contribution in [3.05, 3.63) is 51.2 Å². The minimum absolute atomic E-state index is 0.123. The summed E-state index contributed by atoms with van der Waals surface area (Å²) in [4.78, 5) is 3.78. The van der Waals surface area contributed by atoms with Crippen LogP contribution in [0, 0.1) is 0 Å². The monoisotopic (exact) mass is 322 g/mol. The maximum Gasteiger partial charge on any atom is 0.0525 e. The Balaban J connectivity index is 2.35. The summed E-state index contributed by atoms with van der Waals surface area (Å²) in [5.41, 5.74) is 8.46. The largest absolute Gasteiger partial charge is 0.364 e. The molecular weight excluding hydrogens is 300 g/mol. The number of anilines is 1. The molecule has 0 saturated carbocycles. The fourth-order valence-corrected chi connectivity index (χ4v) is 3.36. The van der Waals surface area contributed by atoms with Gasteiger partial charge in [-0.1, -0.05) is 17.7 Å². The van der Waals surface area contributed by atoms with E-state index in [1.807, 2.05) is 19.1 Å². The van der Waals surface area contributed by atoms with E-state index in [4.69, 9.17) is 17.3 Å². The number of nitrogens with zero attached hydrogens (tertiary/aromatic N) is 1. The molecule has 0 aliphatic heterocycles. The first kappa shape index (κ1) is 16.3. The Morgan fingerprint density at radius 3 is 2.57 bits per heavy atom. The summed E-state index contributed by atoms with van der Waals surface area (Å²) < 4.78 is 0. The third-order valence-corrected chi connectivity index (χ3v) is 4.52. The van der Waals surface area contributed by atoms with Gasteiger partial charge in [0.15, 0.2) is 0 Å². The summed E-state index contributed by atoms with van der Waals surface area (Å²) >= 11 is 7.96. The first-order valence-electron chi connectivity index (χ1n) is 7.30. The van der Waals surface area contributed by atoms with Crippen LogP contribution in [0.1, 0.15) is 31.2 Å². The van der Waals surface area contributed by atoms with Crippen molar-refractivity contribution in [1.82, 2.24) is 0 Å². The van der Waals surface area contributed by atoms with Gasteiger partial charge in [-0.25, -0.2) is 0 Å². The topological polar surface area (TPSA) is 29.3 Å². The van der Waals surface area contributed by atoms with Crippen LogP contribution in [0.2, 0.25) is 5.02 Å². The summed E-state index contributed by atoms with van der Waals surface area (Å²) in [7, 11) is 0. The van der Waals surface area contributed by atoms with E-state index in [1.54, 1.807) is 11.3 Å². The van der Waals surface area contributed by atoms with Crippen LogP contribution in [0.25, 0.3) is 0 Å². The Kier molecular flexibility index (Phi) is 5.68. The zero-order chi connectivity index (χ0) is 15.4. The lowest BCUT2D eigenvalue weighted by molar-refractivity contribution is 0.674. The van der Waals surface area contributed by atoms with Crippen molar-refractivity contribution in [2.75, 3.05) is 4.90 Å². The molecule has 4 heteroatoms. The lowest BCUT2D eigenvalue weighted by atomic mass is 10.0. The van der Waals surface area contributed by atoms with Gasteiger partial charge in [0.25, 0.3) is 0 Å². The molecule has 114 valence electrons. The lowest BCUT2D eigenvalue weighted by Gasteiger charge is -2.31. The standard InChI is InChI=1S/C17H23ClN2S/c1-12(2)20(11-16-5-4-8-21-16)17-7-6-15(18)10-14(17)9-13(3)19/h4-8,10,12-13H,9,11,19H2,1-3H3. The van der Waals surface area contributed by atoms with Crippen molar-refractivity contribution in [2.45, 2.75) is 45.8 Å². The molecule has 0 amide bonds. The molecule has 0 aliphatic rings. The lowest BCUT2D eigenvalue weighted by Crippen LogP contribution is -2.31. The highest BCUT2D eigenvalue weighted by molar-refractivity contribution is 7.09. The predicted molar refractivity (Wildman–Crippen MR) is 94.4 cm³/mol. The molecule has 1 aromatic heterocycles. The van der Waals surface area contributed by atoms with E-state index in [0.717, 1.165) is 18.0 Å². The fraction of sp³-hybridized carbons (Fsp3) is 0.412. The second kappa shape index (κ2) is 7.30. The van der Waals surface area contributed by atoms with Gasteiger partial charge < -0.3 is 10.6 Å². The Morgan fingerprint density at radius 1 is 1.24 bits per heavy atom. The molecule has 0 bridgehead atoms. The molecule has 21 heavy (non-hydrogen) atoms. The van der Waals surface area contributed by atoms with Crippen molar-refractivity contribution in [1.29, 1.82) is 0 Å². The molecule has 0 spiro atoms. The third kappa shape index (κ3) is 4.47. The summed E-state index contributed by atoms with van der Waals surface area (Å²) in [6.45, 7) is 7.39. The number of thiophene rings is 1. The van der Waals surface area contributed by atoms with E-state index in [9.17, 15) is 0 Å². The molecule has 0 aliphatic carbocycles. The smallest absolute Gasteiger partial charge is 0.0525 e. The Hall–Kier alpha value is -1.03. The highest BCUT2D eigenvalue weighted by atomic mass is 35.5. The molecule has 2 rings (SSSR count). The molecule has 1 heterocycles. The van der Waals surface area contributed by atoms with E-state index in [2.05, 4.69) is 42.3 Å². The van der Waals surface area contributed by atoms with Crippen molar-refractivity contribution in [2.24, 2.45) is 5.73 Å². The van der Waals surface area contributed by atoms with Gasteiger partial charge >= 0.3 is 0 Å². The van der Waals surface area contributed by atoms with Gasteiger partial charge in [0.1, 0.15) is 0 Å². The number of hydrogen-bond donors (Lipinski definition) is 1. The van der Waals surface area contributed by atoms with Crippen molar-refractivity contribution in [3.63, 3.8) is 0 Å². The Labute approximate surface area is 136 Å². The highest BCUT2D eigenvalue weighted by Crippen LogP contribution is 2.29. The van der Waals surface area contributed by atoms with Gasteiger partial charge in [0.2, 0.25) is 0 Å². The molecule has 0 fully saturated rings. The number of nitrogens with two attached hydrogens (primary N) is 1. The van der Waals surface area contributed by atoms with Crippen LogP contribution < -0.4 is 10.6 Å². The SMILES string of the molecule is CC(N)Cc1cc(Cl)ccc1N(Cc1cccs1)C(C)C. The molecule has 1 aromatic carbocycles. The van der Waals surface area contributed by atoms with Gasteiger partial charge in [-0.05, 0) is 62.4 Å². The Bertz CT molecular complexity index is 564. The predicted octanol–water partition coefficient (Wildman–Crippen LogP) is 4.71. The van der Waals surface area contributed by atoms with E-state index < -0.39 is 0 Å². The number of halogens is 1. The van der Waals surface area contributed by atoms with Gasteiger partial charge in [-0.3, -0.25) is 0 Å². The average molecular weight is 323 g/mol. The van der Waals surface area contributed by atoms with E-state index in [-0.39, 0.29) is 6.04 Å². The van der Waals surface area contributed by atoms with Crippen molar-refractivity contribution >= 4 is 28.6 Å². The van der Waals surface area contributed by atoms with E-state index >= 15 is 0 Å². The molecule has 1 atom stereocenters. The summed E-state index contributed by atoms with van der Waals surface area (Å²) in [6, 6.07) is 11.0. The van der Waals surface area contributed by atoms with Gasteiger partial charge in [0, 0.05) is 27.7 Å². The minimum atomic E-state index is 0.123. The molecule has 0 saturated heterocycles. The zero-order valence-corrected chi connectivity index (χ0v) is 14.4. The average Bonchev–Trinajstić information content (AvgIpc) is 2.89. The van der Waals surface area contributed by atoms with Gasteiger partial charge in [-0.15, -0.1) is 11.3 Å². The van der Waals surface area contributed by atoms with Crippen LogP contribution in [0.3, 0.4) is 0 Å². The maximum atomic E-state index is 6.17. The van der Waals surface area contributed by atoms with E-state index in [1.165, 1.54) is 16.1 Å². The first-order chi connectivity index (χ1) is 9.97. The number of hydrogen-bond acceptors (Lipinski definition) is 3. The number of benzene rings is 1. The van der Waals surface area contributed by atoms with Gasteiger partial charge in [0.05, 0.1) is 6.54 Å². The highest BCUT2D eigenvalue weighted by Gasteiger charge is 2.16. The van der Waals surface area contributed by atoms with Crippen LogP contribution in [-0.2, 0) is 13.0 Å². The minimum Gasteiger partial charge on any atom is -0.364 e. The molecule has 0 radical (unpaired) electrons. The second-order valence-electron chi connectivity index (χ2n) is 5.76. The molecule has 1 unspecified atom stereocenters. The van der Waals surface area contributed by atoms with Gasteiger partial charge in [-0.2, -0.15) is 0 Å². The van der Waals surface area contributed by atoms with Crippen LogP contribution in [0.4, 0.5) is 5.69 Å². The van der Waals surface area contributed by atoms with Crippen molar-refractivity contribution < 1.29 is 0 Å². The maximum absolute atomic E-state index is 6.17. The quantitative estimate of drug-likeness (QED) is 0.834. The summed E-state index contributed by atoms with van der Waals surface area (Å²) in [5.74, 6) is 0. The number of rotatable bonds is 6. The first-order valence-corrected chi connectivity index (χ1v) is 8.56. The molecule has 2 nitrogen and oxygen atoms in total. The summed E-state index contributed by atoms with van der Waals surface area (Å²) in [5, 5.41) is 2.90. The third-order valence-electron chi connectivity index (χ3n) is 3.42. The van der Waals surface area contributed by atoms with Crippen LogP contribution in [0.15, 0.2) is 35.7 Å². The van der Waals surface area contributed by atoms with Crippen LogP contribution in [0.5, 0.6) is 0 Å². The molecule has 2 aromatic rings. The fourth-order valence-electron chi connectivity index (χ4n) is 2.46. The normalized spacial score (nSPS) is 12.7. The van der Waals surface area contributed by atoms with Crippen LogP contribution >= 0.6 is 22.9 Å². The Morgan fingerprint density at radius 2 is 2.00 bits per heavy atom. The molecule has 2 N–H and O–H groups in total.